The molecule has 1 saturated carbocycles. The number of rotatable bonds is 4. The van der Waals surface area contributed by atoms with Gasteiger partial charge in [0.25, 0.3) is 0 Å². The topological polar surface area (TPSA) is 37.8 Å². The summed E-state index contributed by atoms with van der Waals surface area (Å²) >= 11 is 7.82. The van der Waals surface area contributed by atoms with E-state index in [9.17, 15) is 0 Å². The lowest BCUT2D eigenvalue weighted by Crippen LogP contribution is -2.35. The largest absolute Gasteiger partial charge is 0.369 e. The number of hydrogen-bond acceptors (Lipinski definition) is 4. The van der Waals surface area contributed by atoms with Crippen LogP contribution in [0.1, 0.15) is 32.1 Å². The third kappa shape index (κ3) is 3.49. The predicted octanol–water partition coefficient (Wildman–Crippen LogP) is 3.61. The number of halogens is 1. The molecule has 0 unspecified atom stereocenters. The zero-order valence-electron chi connectivity index (χ0n) is 10.1. The fraction of sp³-hybridized carbons (Fsp3) is 0.667. The third-order valence-corrected chi connectivity index (χ3v) is 5.05. The van der Waals surface area contributed by atoms with Crippen LogP contribution in [0.3, 0.4) is 0 Å². The smallest absolute Gasteiger partial charge is 0.134 e. The highest BCUT2D eigenvalue weighted by atomic mass is 35.5. The van der Waals surface area contributed by atoms with Crippen molar-refractivity contribution < 1.29 is 0 Å². The number of anilines is 1. The van der Waals surface area contributed by atoms with E-state index >= 15 is 0 Å². The molecule has 1 aromatic rings. The summed E-state index contributed by atoms with van der Waals surface area (Å²) in [5, 5.41) is 3.88. The molecule has 17 heavy (non-hydrogen) atoms. The van der Waals surface area contributed by atoms with E-state index in [1.807, 2.05) is 11.8 Å². The van der Waals surface area contributed by atoms with Gasteiger partial charge in [-0.15, -0.1) is 0 Å². The number of aromatic nitrogens is 2. The Balaban J connectivity index is 1.95. The van der Waals surface area contributed by atoms with Crippen molar-refractivity contribution in [2.45, 2.75) is 36.9 Å². The Morgan fingerprint density at radius 1 is 1.35 bits per heavy atom. The van der Waals surface area contributed by atoms with Crippen molar-refractivity contribution in [3.8, 4) is 0 Å². The summed E-state index contributed by atoms with van der Waals surface area (Å²) in [5.41, 5.74) is 0. The molecule has 3 nitrogen and oxygen atoms in total. The van der Waals surface area contributed by atoms with Gasteiger partial charge in [0.1, 0.15) is 17.3 Å². The maximum absolute atomic E-state index is 5.84. The van der Waals surface area contributed by atoms with Crippen LogP contribution in [-0.2, 0) is 0 Å². The highest BCUT2D eigenvalue weighted by Crippen LogP contribution is 2.38. The van der Waals surface area contributed by atoms with Gasteiger partial charge in [0.05, 0.1) is 0 Å². The fourth-order valence-corrected chi connectivity index (χ4v) is 3.39. The van der Waals surface area contributed by atoms with Gasteiger partial charge in [-0.25, -0.2) is 9.97 Å². The summed E-state index contributed by atoms with van der Waals surface area (Å²) in [6.07, 6.45) is 10.3. The Hall–Kier alpha value is -0.480. The summed E-state index contributed by atoms with van der Waals surface area (Å²) in [4.78, 5) is 8.05. The zero-order chi connectivity index (χ0) is 12.1. The van der Waals surface area contributed by atoms with Crippen LogP contribution in [0.2, 0.25) is 5.15 Å². The maximum atomic E-state index is 5.84. The van der Waals surface area contributed by atoms with Gasteiger partial charge in [0.2, 0.25) is 0 Å². The molecule has 0 saturated heterocycles. The van der Waals surface area contributed by atoms with E-state index in [1.165, 1.54) is 38.4 Å². The zero-order valence-corrected chi connectivity index (χ0v) is 11.7. The molecule has 0 aliphatic heterocycles. The number of thioether (sulfide) groups is 1. The van der Waals surface area contributed by atoms with Gasteiger partial charge in [-0.05, 0) is 19.1 Å². The minimum Gasteiger partial charge on any atom is -0.369 e. The first kappa shape index (κ1) is 13.0. The van der Waals surface area contributed by atoms with Gasteiger partial charge in [0, 0.05) is 17.4 Å². The van der Waals surface area contributed by atoms with Crippen molar-refractivity contribution in [3.63, 3.8) is 0 Å². The van der Waals surface area contributed by atoms with Crippen LogP contribution in [0.25, 0.3) is 0 Å². The molecule has 1 heterocycles. The first-order valence-electron chi connectivity index (χ1n) is 6.01. The van der Waals surface area contributed by atoms with Crippen LogP contribution in [0, 0.1) is 0 Å². The molecule has 0 aromatic carbocycles. The molecular formula is C12H18ClN3S. The second-order valence-corrected chi connectivity index (χ2v) is 6.19. The molecule has 1 aromatic heterocycles. The Morgan fingerprint density at radius 3 is 2.76 bits per heavy atom. The van der Waals surface area contributed by atoms with E-state index in [4.69, 9.17) is 11.6 Å². The molecule has 1 N–H and O–H groups in total. The molecule has 0 radical (unpaired) electrons. The summed E-state index contributed by atoms with van der Waals surface area (Å²) in [6, 6.07) is 1.78. The lowest BCUT2D eigenvalue weighted by Gasteiger charge is -2.36. The van der Waals surface area contributed by atoms with Crippen LogP contribution in [0.15, 0.2) is 12.4 Å². The average molecular weight is 272 g/mol. The number of nitrogens with one attached hydrogen (secondary N) is 1. The fourth-order valence-electron chi connectivity index (χ4n) is 2.33. The van der Waals surface area contributed by atoms with Crippen molar-refractivity contribution in [3.05, 3.63) is 17.5 Å². The van der Waals surface area contributed by atoms with E-state index in [0.29, 0.717) is 9.90 Å². The predicted molar refractivity (Wildman–Crippen MR) is 74.9 cm³/mol. The molecule has 1 fully saturated rings. The van der Waals surface area contributed by atoms with Gasteiger partial charge in [0.15, 0.2) is 0 Å². The van der Waals surface area contributed by atoms with Crippen LogP contribution >= 0.6 is 23.4 Å². The Morgan fingerprint density at radius 2 is 2.12 bits per heavy atom. The number of hydrogen-bond donors (Lipinski definition) is 1. The van der Waals surface area contributed by atoms with Crippen molar-refractivity contribution in [2.24, 2.45) is 0 Å². The van der Waals surface area contributed by atoms with Crippen LogP contribution in [-0.4, -0.2) is 27.5 Å². The first-order valence-corrected chi connectivity index (χ1v) is 7.61. The lowest BCUT2D eigenvalue weighted by atomic mass is 9.88. The SMILES string of the molecule is CSC1(CNc2cc(Cl)ncn2)CCCCC1. The quantitative estimate of drug-likeness (QED) is 0.849. The van der Waals surface area contributed by atoms with E-state index in [2.05, 4.69) is 21.5 Å². The summed E-state index contributed by atoms with van der Waals surface area (Å²) in [7, 11) is 0. The van der Waals surface area contributed by atoms with Gasteiger partial charge >= 0.3 is 0 Å². The van der Waals surface area contributed by atoms with E-state index in [-0.39, 0.29) is 0 Å². The van der Waals surface area contributed by atoms with Crippen molar-refractivity contribution in [1.29, 1.82) is 0 Å². The van der Waals surface area contributed by atoms with Gasteiger partial charge in [-0.1, -0.05) is 30.9 Å². The van der Waals surface area contributed by atoms with Crippen molar-refractivity contribution >= 4 is 29.2 Å². The molecule has 0 amide bonds. The minimum absolute atomic E-state index is 0.371. The second kappa shape index (κ2) is 5.91. The average Bonchev–Trinajstić information content (AvgIpc) is 2.38. The molecular weight excluding hydrogens is 254 g/mol. The van der Waals surface area contributed by atoms with Crippen molar-refractivity contribution in [2.75, 3.05) is 18.1 Å². The first-order chi connectivity index (χ1) is 8.24. The molecule has 2 rings (SSSR count). The second-order valence-electron chi connectivity index (χ2n) is 4.53. The molecule has 1 aliphatic rings. The summed E-state index contributed by atoms with van der Waals surface area (Å²) in [6.45, 7) is 0.960. The van der Waals surface area contributed by atoms with Crippen LogP contribution in [0.5, 0.6) is 0 Å². The van der Waals surface area contributed by atoms with Gasteiger partial charge in [-0.3, -0.25) is 0 Å². The summed E-state index contributed by atoms with van der Waals surface area (Å²) in [5.74, 6) is 0.823. The molecule has 0 bridgehead atoms. The highest BCUT2D eigenvalue weighted by Gasteiger charge is 2.30. The molecule has 5 heteroatoms. The standard InChI is InChI=1S/C12H18ClN3S/c1-17-12(5-3-2-4-6-12)8-14-11-7-10(13)15-9-16-11/h7,9H,2-6,8H2,1H3,(H,14,15,16). The van der Waals surface area contributed by atoms with Gasteiger partial charge < -0.3 is 5.32 Å². The maximum Gasteiger partial charge on any atom is 0.134 e. The van der Waals surface area contributed by atoms with Gasteiger partial charge in [-0.2, -0.15) is 11.8 Å². The molecule has 1 aliphatic carbocycles. The van der Waals surface area contributed by atoms with E-state index in [1.54, 1.807) is 6.07 Å². The Bertz CT molecular complexity index is 367. The molecule has 94 valence electrons. The van der Waals surface area contributed by atoms with E-state index < -0.39 is 0 Å². The minimum atomic E-state index is 0.371. The summed E-state index contributed by atoms with van der Waals surface area (Å²) < 4.78 is 0.371. The van der Waals surface area contributed by atoms with Crippen LogP contribution in [0.4, 0.5) is 5.82 Å². The van der Waals surface area contributed by atoms with Crippen molar-refractivity contribution in [1.82, 2.24) is 9.97 Å². The Kier molecular flexibility index (Phi) is 4.51. The normalized spacial score (nSPS) is 18.9. The molecule has 0 spiro atoms. The molecule has 0 atom stereocenters. The number of nitrogens with zero attached hydrogens (tertiary/aromatic N) is 2. The Labute approximate surface area is 112 Å². The monoisotopic (exact) mass is 271 g/mol. The van der Waals surface area contributed by atoms with Crippen LogP contribution < -0.4 is 5.32 Å². The lowest BCUT2D eigenvalue weighted by molar-refractivity contribution is 0.411. The third-order valence-electron chi connectivity index (χ3n) is 3.42. The van der Waals surface area contributed by atoms with E-state index in [0.717, 1.165) is 12.4 Å². The highest BCUT2D eigenvalue weighted by molar-refractivity contribution is 8.00.